The molecule has 0 radical (unpaired) electrons. The third-order valence-electron chi connectivity index (χ3n) is 5.95. The van der Waals surface area contributed by atoms with Gasteiger partial charge in [-0.15, -0.1) is 11.3 Å². The van der Waals surface area contributed by atoms with Gasteiger partial charge in [0, 0.05) is 23.4 Å². The van der Waals surface area contributed by atoms with Crippen LogP contribution in [-0.4, -0.2) is 40.0 Å². The summed E-state index contributed by atoms with van der Waals surface area (Å²) in [7, 11) is 1.61. The maximum Gasteiger partial charge on any atom is 0.232 e. The van der Waals surface area contributed by atoms with Gasteiger partial charge >= 0.3 is 0 Å². The number of phenols is 1. The molecule has 2 aliphatic rings. The number of phenolic OH excluding ortho intramolecular Hbond substituents is 1. The Balaban J connectivity index is 1.40. The fourth-order valence-corrected chi connectivity index (χ4v) is 5.04. The van der Waals surface area contributed by atoms with Crippen LogP contribution >= 0.6 is 11.3 Å². The van der Waals surface area contributed by atoms with Gasteiger partial charge < -0.3 is 20.1 Å². The lowest BCUT2D eigenvalue weighted by atomic mass is 9.92. The van der Waals surface area contributed by atoms with Crippen molar-refractivity contribution in [2.24, 2.45) is 5.92 Å². The molecule has 0 spiro atoms. The van der Waals surface area contributed by atoms with E-state index >= 15 is 0 Å². The van der Waals surface area contributed by atoms with Crippen molar-refractivity contribution in [3.63, 3.8) is 0 Å². The van der Waals surface area contributed by atoms with Crippen LogP contribution in [-0.2, 0) is 9.59 Å². The highest BCUT2D eigenvalue weighted by Gasteiger charge is 2.49. The Morgan fingerprint density at radius 2 is 2.03 bits per heavy atom. The number of thiazole rings is 1. The van der Waals surface area contributed by atoms with Crippen LogP contribution in [0.25, 0.3) is 11.3 Å². The summed E-state index contributed by atoms with van der Waals surface area (Å²) in [5.41, 5.74) is 2.35. The minimum atomic E-state index is -0.511. The van der Waals surface area contributed by atoms with Crippen LogP contribution < -0.4 is 10.1 Å². The molecule has 1 aromatic heterocycles. The molecule has 3 aromatic rings. The lowest BCUT2D eigenvalue weighted by Crippen LogP contribution is -2.33. The van der Waals surface area contributed by atoms with E-state index in [0.717, 1.165) is 24.0 Å². The van der Waals surface area contributed by atoms with E-state index in [9.17, 15) is 14.7 Å². The van der Waals surface area contributed by atoms with Crippen molar-refractivity contribution in [2.75, 3.05) is 12.4 Å². The van der Waals surface area contributed by atoms with Gasteiger partial charge in [-0.3, -0.25) is 9.59 Å². The van der Waals surface area contributed by atoms with Crippen LogP contribution in [0.4, 0.5) is 5.13 Å². The van der Waals surface area contributed by atoms with Crippen LogP contribution in [0.2, 0.25) is 0 Å². The zero-order valence-corrected chi connectivity index (χ0v) is 18.3. The predicted octanol–water partition coefficient (Wildman–Crippen LogP) is 4.22. The average molecular weight is 450 g/mol. The summed E-state index contributed by atoms with van der Waals surface area (Å²) in [4.78, 5) is 32.5. The summed E-state index contributed by atoms with van der Waals surface area (Å²) in [6, 6.07) is 14.3. The number of likely N-dealkylation sites (tertiary alicyclic amines) is 1. The molecule has 2 N–H and O–H groups in total. The Morgan fingerprint density at radius 1 is 1.22 bits per heavy atom. The molecule has 1 aliphatic heterocycles. The summed E-state index contributed by atoms with van der Waals surface area (Å²) in [5, 5.41) is 14.9. The number of aromatic nitrogens is 1. The number of hydrogen-bond donors (Lipinski definition) is 2. The van der Waals surface area contributed by atoms with Crippen LogP contribution in [0.1, 0.15) is 30.9 Å². The molecule has 0 bridgehead atoms. The Labute approximate surface area is 189 Å². The fourth-order valence-electron chi connectivity index (χ4n) is 4.32. The maximum atomic E-state index is 13.3. The van der Waals surface area contributed by atoms with Crippen LogP contribution in [0.3, 0.4) is 0 Å². The second-order valence-electron chi connectivity index (χ2n) is 8.14. The molecule has 2 fully saturated rings. The minimum absolute atomic E-state index is 0.0139. The summed E-state index contributed by atoms with van der Waals surface area (Å²) < 4.78 is 5.37. The van der Waals surface area contributed by atoms with E-state index < -0.39 is 5.92 Å². The number of anilines is 1. The van der Waals surface area contributed by atoms with Gasteiger partial charge in [-0.25, -0.2) is 4.98 Å². The first-order valence-electron chi connectivity index (χ1n) is 10.5. The van der Waals surface area contributed by atoms with E-state index in [1.165, 1.54) is 11.3 Å². The Hall–Kier alpha value is -3.39. The lowest BCUT2D eigenvalue weighted by Gasteiger charge is -2.28. The molecule has 0 unspecified atom stereocenters. The number of amides is 2. The van der Waals surface area contributed by atoms with Gasteiger partial charge in [-0.1, -0.05) is 24.3 Å². The molecule has 1 aliphatic carbocycles. The number of ether oxygens (including phenoxy) is 1. The first kappa shape index (κ1) is 20.5. The molecule has 32 heavy (non-hydrogen) atoms. The number of carbonyl (C=O) groups is 2. The molecule has 2 atom stereocenters. The number of hydrogen-bond acceptors (Lipinski definition) is 6. The number of rotatable bonds is 6. The molecule has 5 rings (SSSR count). The van der Waals surface area contributed by atoms with Crippen LogP contribution in [0.5, 0.6) is 11.5 Å². The molecule has 2 aromatic carbocycles. The summed E-state index contributed by atoms with van der Waals surface area (Å²) in [5.74, 6) is 0.147. The van der Waals surface area contributed by atoms with Gasteiger partial charge in [-0.05, 0) is 42.7 Å². The van der Waals surface area contributed by atoms with Crippen LogP contribution in [0, 0.1) is 5.92 Å². The SMILES string of the molecule is COc1cccc([C@H]2[C@@H](C(=O)Nc3nc(-c4cccc(O)c4)cs3)CC(=O)N2C2CC2)c1. The maximum absolute atomic E-state index is 13.3. The van der Waals surface area contributed by atoms with Crippen molar-refractivity contribution in [1.82, 2.24) is 9.88 Å². The molecular weight excluding hydrogens is 426 g/mol. The Kier molecular flexibility index (Phi) is 5.30. The molecule has 1 saturated carbocycles. The lowest BCUT2D eigenvalue weighted by molar-refractivity contribution is -0.129. The summed E-state index contributed by atoms with van der Waals surface area (Å²) in [6.45, 7) is 0. The van der Waals surface area contributed by atoms with E-state index in [1.54, 1.807) is 25.3 Å². The molecule has 2 amide bonds. The fraction of sp³-hybridized carbons (Fsp3) is 0.292. The van der Waals surface area contributed by atoms with E-state index in [1.807, 2.05) is 40.6 Å². The Morgan fingerprint density at radius 3 is 2.78 bits per heavy atom. The minimum Gasteiger partial charge on any atom is -0.508 e. The van der Waals surface area contributed by atoms with Gasteiger partial charge in [-0.2, -0.15) is 0 Å². The normalized spacial score (nSPS) is 20.4. The second kappa shape index (κ2) is 8.27. The van der Waals surface area contributed by atoms with Crippen molar-refractivity contribution in [3.8, 4) is 22.8 Å². The quantitative estimate of drug-likeness (QED) is 0.588. The smallest absolute Gasteiger partial charge is 0.232 e. The third kappa shape index (κ3) is 3.93. The number of aromatic hydroxyl groups is 1. The van der Waals surface area contributed by atoms with Crippen molar-refractivity contribution in [2.45, 2.75) is 31.3 Å². The average Bonchev–Trinajstić information content (AvgIpc) is 3.42. The second-order valence-corrected chi connectivity index (χ2v) is 9.00. The first-order chi connectivity index (χ1) is 15.5. The van der Waals surface area contributed by atoms with Crippen molar-refractivity contribution < 1.29 is 19.4 Å². The van der Waals surface area contributed by atoms with E-state index in [-0.39, 0.29) is 36.1 Å². The largest absolute Gasteiger partial charge is 0.508 e. The zero-order valence-electron chi connectivity index (χ0n) is 17.5. The van der Waals surface area contributed by atoms with Crippen molar-refractivity contribution in [3.05, 3.63) is 59.5 Å². The highest BCUT2D eigenvalue weighted by atomic mass is 32.1. The van der Waals surface area contributed by atoms with E-state index in [2.05, 4.69) is 10.3 Å². The zero-order chi connectivity index (χ0) is 22.2. The number of nitrogens with one attached hydrogen (secondary N) is 1. The van der Waals surface area contributed by atoms with Gasteiger partial charge in [0.25, 0.3) is 0 Å². The number of methoxy groups -OCH3 is 1. The monoisotopic (exact) mass is 449 g/mol. The molecule has 8 heteroatoms. The highest BCUT2D eigenvalue weighted by Crippen LogP contribution is 2.46. The molecule has 7 nitrogen and oxygen atoms in total. The number of benzene rings is 2. The van der Waals surface area contributed by atoms with Gasteiger partial charge in [0.1, 0.15) is 11.5 Å². The van der Waals surface area contributed by atoms with Crippen molar-refractivity contribution in [1.29, 1.82) is 0 Å². The number of carbonyl (C=O) groups excluding carboxylic acids is 2. The first-order valence-corrected chi connectivity index (χ1v) is 11.4. The van der Waals surface area contributed by atoms with E-state index in [4.69, 9.17) is 4.74 Å². The standard InChI is InChI=1S/C24H23N3O4S/c1-31-18-7-3-5-15(11-18)22-19(12-21(29)27(22)16-8-9-16)23(30)26-24-25-20(13-32-24)14-4-2-6-17(28)10-14/h2-7,10-11,13,16,19,22,28H,8-9,12H2,1H3,(H,25,26,30)/t19-,22-/m0/s1. The topological polar surface area (TPSA) is 91.8 Å². The summed E-state index contributed by atoms with van der Waals surface area (Å²) in [6.07, 6.45) is 2.12. The summed E-state index contributed by atoms with van der Waals surface area (Å²) >= 11 is 1.32. The van der Waals surface area contributed by atoms with Gasteiger partial charge in [0.2, 0.25) is 11.8 Å². The molecule has 1 saturated heterocycles. The third-order valence-corrected chi connectivity index (χ3v) is 6.71. The number of nitrogens with zero attached hydrogens (tertiary/aromatic N) is 2. The van der Waals surface area contributed by atoms with Crippen LogP contribution in [0.15, 0.2) is 53.9 Å². The van der Waals surface area contributed by atoms with Gasteiger partial charge in [0.15, 0.2) is 5.13 Å². The molecule has 2 heterocycles. The van der Waals surface area contributed by atoms with Crippen molar-refractivity contribution >= 4 is 28.3 Å². The predicted molar refractivity (Wildman–Crippen MR) is 122 cm³/mol. The van der Waals surface area contributed by atoms with Gasteiger partial charge in [0.05, 0.1) is 24.8 Å². The van der Waals surface area contributed by atoms with E-state index in [0.29, 0.717) is 16.6 Å². The molecular formula is C24H23N3O4S. The molecule has 164 valence electrons. The highest BCUT2D eigenvalue weighted by molar-refractivity contribution is 7.14. The Bertz CT molecular complexity index is 1170.